The number of hydrogen-bond acceptors (Lipinski definition) is 2. The Morgan fingerprint density at radius 3 is 1.54 bits per heavy atom. The first kappa shape index (κ1) is 11.0. The van der Waals surface area contributed by atoms with Crippen molar-refractivity contribution < 1.29 is 0 Å². The van der Waals surface area contributed by atoms with Crippen molar-refractivity contribution in [2.24, 2.45) is 11.8 Å². The summed E-state index contributed by atoms with van der Waals surface area (Å²) < 4.78 is 0. The highest BCUT2D eigenvalue weighted by Crippen LogP contribution is 2.31. The number of hydrogen-bond donors (Lipinski definition) is 0. The van der Waals surface area contributed by atoms with Crippen LogP contribution in [0, 0.1) is 11.8 Å². The van der Waals surface area contributed by atoms with Gasteiger partial charge in [-0.05, 0) is 59.3 Å². The average molecular weight is 184 g/mol. The fourth-order valence-corrected chi connectivity index (χ4v) is 2.54. The molecule has 2 nitrogen and oxygen atoms in total. The summed E-state index contributed by atoms with van der Waals surface area (Å²) in [6.07, 6.45) is 4.32. The third kappa shape index (κ3) is 4.10. The van der Waals surface area contributed by atoms with Crippen molar-refractivity contribution in [3.63, 3.8) is 0 Å². The normalized spacial score (nSPS) is 29.1. The van der Waals surface area contributed by atoms with Gasteiger partial charge in [0.15, 0.2) is 0 Å². The largest absolute Gasteiger partial charge is 0.309 e. The van der Waals surface area contributed by atoms with Crippen molar-refractivity contribution >= 4 is 0 Å². The Balaban J connectivity index is 2.20. The van der Waals surface area contributed by atoms with Crippen LogP contribution in [0.1, 0.15) is 19.3 Å². The Labute approximate surface area is 82.9 Å². The highest BCUT2D eigenvalue weighted by molar-refractivity contribution is 4.78. The lowest BCUT2D eigenvalue weighted by Crippen LogP contribution is -2.22. The highest BCUT2D eigenvalue weighted by Gasteiger charge is 2.24. The Hall–Kier alpha value is -0.0800. The fraction of sp³-hybridized carbons (Fsp3) is 1.00. The Kier molecular flexibility index (Phi) is 4.20. The predicted octanol–water partition coefficient (Wildman–Crippen LogP) is 1.53. The molecule has 0 aromatic carbocycles. The van der Waals surface area contributed by atoms with Crippen molar-refractivity contribution in [3.8, 4) is 0 Å². The van der Waals surface area contributed by atoms with Gasteiger partial charge in [0.1, 0.15) is 0 Å². The minimum absolute atomic E-state index is 0.958. The van der Waals surface area contributed by atoms with Gasteiger partial charge < -0.3 is 9.80 Å². The summed E-state index contributed by atoms with van der Waals surface area (Å²) in [5.74, 6) is 1.92. The highest BCUT2D eigenvalue weighted by atomic mass is 15.1. The van der Waals surface area contributed by atoms with Gasteiger partial charge in [0.2, 0.25) is 0 Å². The van der Waals surface area contributed by atoms with Crippen LogP contribution in [0.4, 0.5) is 0 Å². The summed E-state index contributed by atoms with van der Waals surface area (Å²) in [7, 11) is 8.72. The summed E-state index contributed by atoms with van der Waals surface area (Å²) in [4.78, 5) is 4.64. The number of nitrogens with zero attached hydrogens (tertiary/aromatic N) is 2. The molecule has 0 unspecified atom stereocenters. The predicted molar refractivity (Wildman–Crippen MR) is 57.9 cm³/mol. The Bertz CT molecular complexity index is 127. The lowest BCUT2D eigenvalue weighted by molar-refractivity contribution is 0.297. The molecule has 0 heterocycles. The van der Waals surface area contributed by atoms with E-state index >= 15 is 0 Å². The molecular weight excluding hydrogens is 160 g/mol. The minimum Gasteiger partial charge on any atom is -0.309 e. The number of rotatable bonds is 4. The van der Waals surface area contributed by atoms with E-state index in [4.69, 9.17) is 0 Å². The molecule has 1 saturated carbocycles. The van der Waals surface area contributed by atoms with Crippen LogP contribution in [-0.4, -0.2) is 51.1 Å². The van der Waals surface area contributed by atoms with Crippen LogP contribution in [0.3, 0.4) is 0 Å². The van der Waals surface area contributed by atoms with Crippen molar-refractivity contribution in [1.82, 2.24) is 9.80 Å². The molecule has 2 heteroatoms. The van der Waals surface area contributed by atoms with E-state index in [0.717, 1.165) is 11.8 Å². The van der Waals surface area contributed by atoms with Gasteiger partial charge in [-0.3, -0.25) is 0 Å². The third-order valence-corrected chi connectivity index (χ3v) is 2.90. The topological polar surface area (TPSA) is 6.48 Å². The van der Waals surface area contributed by atoms with E-state index in [2.05, 4.69) is 38.0 Å². The van der Waals surface area contributed by atoms with Crippen LogP contribution < -0.4 is 0 Å². The van der Waals surface area contributed by atoms with Crippen LogP contribution in [0.25, 0.3) is 0 Å². The standard InChI is InChI=1S/C11H24N2/c1-12(2)8-10-5-6-11(7-10)9-13(3)4/h10-11H,5-9H2,1-4H3/t10-,11+. The molecule has 1 rings (SSSR count). The molecule has 0 amide bonds. The quantitative estimate of drug-likeness (QED) is 0.654. The maximum atomic E-state index is 2.32. The first-order valence-corrected chi connectivity index (χ1v) is 5.37. The lowest BCUT2D eigenvalue weighted by atomic mass is 10.0. The molecular formula is C11H24N2. The van der Waals surface area contributed by atoms with Crippen LogP contribution in [0.15, 0.2) is 0 Å². The average Bonchev–Trinajstić information content (AvgIpc) is 2.33. The first-order valence-electron chi connectivity index (χ1n) is 5.37. The van der Waals surface area contributed by atoms with E-state index < -0.39 is 0 Å². The van der Waals surface area contributed by atoms with E-state index in [-0.39, 0.29) is 0 Å². The van der Waals surface area contributed by atoms with Gasteiger partial charge in [-0.25, -0.2) is 0 Å². The van der Waals surface area contributed by atoms with Gasteiger partial charge in [0, 0.05) is 13.1 Å². The molecule has 0 aliphatic heterocycles. The summed E-state index contributed by atoms with van der Waals surface area (Å²) in [5.41, 5.74) is 0. The van der Waals surface area contributed by atoms with Crippen molar-refractivity contribution in [3.05, 3.63) is 0 Å². The first-order chi connectivity index (χ1) is 6.08. The molecule has 0 spiro atoms. The van der Waals surface area contributed by atoms with E-state index in [0.29, 0.717) is 0 Å². The van der Waals surface area contributed by atoms with Gasteiger partial charge in [0.05, 0.1) is 0 Å². The van der Waals surface area contributed by atoms with Crippen molar-refractivity contribution in [2.75, 3.05) is 41.3 Å². The third-order valence-electron chi connectivity index (χ3n) is 2.90. The van der Waals surface area contributed by atoms with Crippen molar-refractivity contribution in [1.29, 1.82) is 0 Å². The van der Waals surface area contributed by atoms with E-state index in [1.807, 2.05) is 0 Å². The molecule has 0 saturated heterocycles. The van der Waals surface area contributed by atoms with E-state index in [9.17, 15) is 0 Å². The second-order valence-electron chi connectivity index (χ2n) is 5.07. The van der Waals surface area contributed by atoms with Gasteiger partial charge in [-0.2, -0.15) is 0 Å². The molecule has 13 heavy (non-hydrogen) atoms. The molecule has 1 aliphatic carbocycles. The molecule has 0 aromatic rings. The SMILES string of the molecule is CN(C)C[C@@H]1CC[C@H](CN(C)C)C1. The summed E-state index contributed by atoms with van der Waals surface area (Å²) in [5, 5.41) is 0. The van der Waals surface area contributed by atoms with Crippen LogP contribution in [0.5, 0.6) is 0 Å². The van der Waals surface area contributed by atoms with Gasteiger partial charge in [0.25, 0.3) is 0 Å². The smallest absolute Gasteiger partial charge is 0.000367 e. The van der Waals surface area contributed by atoms with Gasteiger partial charge in [-0.1, -0.05) is 0 Å². The molecule has 78 valence electrons. The molecule has 0 N–H and O–H groups in total. The maximum absolute atomic E-state index is 2.32. The second kappa shape index (κ2) is 4.97. The maximum Gasteiger partial charge on any atom is 0.000367 e. The Morgan fingerprint density at radius 2 is 1.23 bits per heavy atom. The fourth-order valence-electron chi connectivity index (χ4n) is 2.54. The summed E-state index contributed by atoms with van der Waals surface area (Å²) >= 11 is 0. The molecule has 2 atom stereocenters. The van der Waals surface area contributed by atoms with Crippen LogP contribution in [-0.2, 0) is 0 Å². The van der Waals surface area contributed by atoms with Gasteiger partial charge in [-0.15, -0.1) is 0 Å². The molecule has 1 aliphatic rings. The zero-order valence-corrected chi connectivity index (χ0v) is 9.58. The Morgan fingerprint density at radius 1 is 0.846 bits per heavy atom. The lowest BCUT2D eigenvalue weighted by Gasteiger charge is -2.18. The molecule has 0 aromatic heterocycles. The van der Waals surface area contributed by atoms with E-state index in [1.165, 1.54) is 32.4 Å². The molecule has 0 radical (unpaired) electrons. The monoisotopic (exact) mass is 184 g/mol. The van der Waals surface area contributed by atoms with Crippen LogP contribution in [0.2, 0.25) is 0 Å². The molecule has 0 bridgehead atoms. The second-order valence-corrected chi connectivity index (χ2v) is 5.07. The summed E-state index contributed by atoms with van der Waals surface area (Å²) in [6.45, 7) is 2.56. The minimum atomic E-state index is 0.958. The summed E-state index contributed by atoms with van der Waals surface area (Å²) in [6, 6.07) is 0. The van der Waals surface area contributed by atoms with Crippen molar-refractivity contribution in [2.45, 2.75) is 19.3 Å². The zero-order chi connectivity index (χ0) is 9.84. The zero-order valence-electron chi connectivity index (χ0n) is 9.58. The van der Waals surface area contributed by atoms with Gasteiger partial charge >= 0.3 is 0 Å². The van der Waals surface area contributed by atoms with E-state index in [1.54, 1.807) is 0 Å². The van der Waals surface area contributed by atoms with Crippen LogP contribution >= 0.6 is 0 Å². The molecule has 1 fully saturated rings.